The van der Waals surface area contributed by atoms with Gasteiger partial charge in [-0.15, -0.1) is 0 Å². The quantitative estimate of drug-likeness (QED) is 0.869. The summed E-state index contributed by atoms with van der Waals surface area (Å²) in [5.74, 6) is 1.28. The predicted octanol–water partition coefficient (Wildman–Crippen LogP) is 3.72. The second-order valence-corrected chi connectivity index (χ2v) is 8.42. The summed E-state index contributed by atoms with van der Waals surface area (Å²) >= 11 is 0. The van der Waals surface area contributed by atoms with Gasteiger partial charge in [-0.3, -0.25) is 0 Å². The molecule has 2 aromatic rings. The Morgan fingerprint density at radius 1 is 1.15 bits per heavy atom. The highest BCUT2D eigenvalue weighted by molar-refractivity contribution is 5.50. The Balaban J connectivity index is 1.52. The van der Waals surface area contributed by atoms with E-state index in [1.165, 1.54) is 23.3 Å². The fourth-order valence-electron chi connectivity index (χ4n) is 5.86. The smallest absolute Gasteiger partial charge is 0.123 e. The van der Waals surface area contributed by atoms with Crippen molar-refractivity contribution in [1.29, 1.82) is 0 Å². The molecule has 2 aliphatic carbocycles. The molecule has 0 spiro atoms. The van der Waals surface area contributed by atoms with Crippen molar-refractivity contribution < 1.29 is 14.2 Å². The first-order chi connectivity index (χ1) is 13.2. The van der Waals surface area contributed by atoms with Gasteiger partial charge >= 0.3 is 0 Å². The number of nitrogens with one attached hydrogen (secondary N) is 1. The number of hydrogen-bond donors (Lipinski definition) is 2. The molecule has 1 saturated heterocycles. The van der Waals surface area contributed by atoms with E-state index in [-0.39, 0.29) is 17.3 Å². The average molecular weight is 367 g/mol. The van der Waals surface area contributed by atoms with Crippen LogP contribution in [-0.4, -0.2) is 23.8 Å². The maximum atomic E-state index is 13.2. The van der Waals surface area contributed by atoms with Crippen LogP contribution in [0.25, 0.3) is 0 Å². The van der Waals surface area contributed by atoms with Gasteiger partial charge < -0.3 is 15.2 Å². The molecule has 0 amide bonds. The molecule has 3 aliphatic rings. The minimum Gasteiger partial charge on any atom is -0.489 e. The second kappa shape index (κ2) is 6.61. The van der Waals surface area contributed by atoms with Gasteiger partial charge in [-0.2, -0.15) is 0 Å². The maximum Gasteiger partial charge on any atom is 0.123 e. The predicted molar refractivity (Wildman–Crippen MR) is 102 cm³/mol. The molecule has 0 aromatic heterocycles. The summed E-state index contributed by atoms with van der Waals surface area (Å²) in [6.45, 7) is 1.43. The van der Waals surface area contributed by atoms with E-state index < -0.39 is 0 Å². The lowest BCUT2D eigenvalue weighted by Crippen LogP contribution is -2.61. The van der Waals surface area contributed by atoms with E-state index in [4.69, 9.17) is 4.74 Å². The van der Waals surface area contributed by atoms with Crippen LogP contribution in [0.4, 0.5) is 4.39 Å². The molecule has 1 heterocycles. The summed E-state index contributed by atoms with van der Waals surface area (Å²) in [6, 6.07) is 13.4. The molecular weight excluding hydrogens is 341 g/mol. The Hall–Kier alpha value is -1.91. The Morgan fingerprint density at radius 2 is 2.00 bits per heavy atom. The molecule has 142 valence electrons. The van der Waals surface area contributed by atoms with Crippen LogP contribution in [0.3, 0.4) is 0 Å². The van der Waals surface area contributed by atoms with Crippen LogP contribution in [0.5, 0.6) is 5.75 Å². The number of hydrogen-bond acceptors (Lipinski definition) is 3. The molecule has 4 heteroatoms. The number of piperidine rings is 1. The topological polar surface area (TPSA) is 41.5 Å². The van der Waals surface area contributed by atoms with Crippen LogP contribution >= 0.6 is 0 Å². The fourth-order valence-corrected chi connectivity index (χ4v) is 5.86. The molecule has 5 rings (SSSR count). The molecule has 2 bridgehead atoms. The molecule has 2 fully saturated rings. The molecule has 0 radical (unpaired) electrons. The minimum atomic E-state index is -0.227. The average Bonchev–Trinajstić information content (AvgIpc) is 2.66. The number of aliphatic hydroxyl groups excluding tert-OH is 1. The minimum absolute atomic E-state index is 0.0144. The first kappa shape index (κ1) is 17.2. The van der Waals surface area contributed by atoms with Crippen molar-refractivity contribution in [3.63, 3.8) is 0 Å². The highest BCUT2D eigenvalue weighted by atomic mass is 19.1. The third-order valence-electron chi connectivity index (χ3n) is 6.94. The molecule has 2 N–H and O–H groups in total. The van der Waals surface area contributed by atoms with E-state index in [0.717, 1.165) is 50.0 Å². The van der Waals surface area contributed by atoms with Crippen molar-refractivity contribution in [1.82, 2.24) is 5.32 Å². The Labute approximate surface area is 159 Å². The zero-order valence-electron chi connectivity index (χ0n) is 15.5. The molecule has 2 aromatic carbocycles. The highest BCUT2D eigenvalue weighted by Gasteiger charge is 2.54. The largest absolute Gasteiger partial charge is 0.489 e. The molecule has 4 atom stereocenters. The van der Waals surface area contributed by atoms with Crippen LogP contribution in [0.2, 0.25) is 0 Å². The summed E-state index contributed by atoms with van der Waals surface area (Å²) in [5, 5.41) is 14.2. The third kappa shape index (κ3) is 2.86. The number of rotatable bonds is 3. The van der Waals surface area contributed by atoms with Crippen LogP contribution in [0.1, 0.15) is 42.4 Å². The van der Waals surface area contributed by atoms with Gasteiger partial charge in [0.25, 0.3) is 0 Å². The van der Waals surface area contributed by atoms with E-state index in [9.17, 15) is 9.50 Å². The molecule has 3 nitrogen and oxygen atoms in total. The van der Waals surface area contributed by atoms with E-state index in [2.05, 4.69) is 23.5 Å². The number of ether oxygens (including phenoxy) is 1. The van der Waals surface area contributed by atoms with Gasteiger partial charge in [0.2, 0.25) is 0 Å². The molecular formula is C23H26FNO2. The Bertz CT molecular complexity index is 837. The van der Waals surface area contributed by atoms with Gasteiger partial charge in [0.1, 0.15) is 18.2 Å². The first-order valence-electron chi connectivity index (χ1n) is 10.1. The van der Waals surface area contributed by atoms with Gasteiger partial charge in [0.15, 0.2) is 0 Å². The van der Waals surface area contributed by atoms with Crippen LogP contribution in [-0.2, 0) is 18.4 Å². The van der Waals surface area contributed by atoms with Crippen LogP contribution in [0.15, 0.2) is 42.5 Å². The monoisotopic (exact) mass is 367 g/mol. The normalized spacial score (nSPS) is 31.7. The van der Waals surface area contributed by atoms with E-state index in [1.807, 2.05) is 0 Å². The van der Waals surface area contributed by atoms with Crippen molar-refractivity contribution in [3.05, 3.63) is 65.0 Å². The summed E-state index contributed by atoms with van der Waals surface area (Å²) in [5.41, 5.74) is 3.66. The maximum absolute atomic E-state index is 13.2. The van der Waals surface area contributed by atoms with E-state index in [0.29, 0.717) is 18.6 Å². The van der Waals surface area contributed by atoms with E-state index in [1.54, 1.807) is 12.1 Å². The number of halogens is 1. The lowest BCUT2D eigenvalue weighted by molar-refractivity contribution is 0.00219. The molecule has 1 saturated carbocycles. The number of benzene rings is 2. The van der Waals surface area contributed by atoms with Gasteiger partial charge in [-0.05, 0) is 73.9 Å². The van der Waals surface area contributed by atoms with Gasteiger partial charge in [-0.25, -0.2) is 4.39 Å². The molecule has 27 heavy (non-hydrogen) atoms. The molecule has 1 unspecified atom stereocenters. The first-order valence-corrected chi connectivity index (χ1v) is 10.1. The van der Waals surface area contributed by atoms with Crippen LogP contribution < -0.4 is 10.1 Å². The second-order valence-electron chi connectivity index (χ2n) is 8.42. The van der Waals surface area contributed by atoms with E-state index >= 15 is 0 Å². The van der Waals surface area contributed by atoms with Gasteiger partial charge in [0.05, 0.1) is 6.10 Å². The van der Waals surface area contributed by atoms with Crippen molar-refractivity contribution in [2.24, 2.45) is 5.92 Å². The van der Waals surface area contributed by atoms with Crippen molar-refractivity contribution in [2.75, 3.05) is 6.54 Å². The third-order valence-corrected chi connectivity index (χ3v) is 6.94. The SMILES string of the molecule is OC1CC[C@H]2[C@H]3Cc4cccc(OCc5ccc(F)cc5)c4[C@@]2(CCN3)C1. The Kier molecular flexibility index (Phi) is 4.21. The lowest BCUT2D eigenvalue weighted by Gasteiger charge is -2.57. The summed E-state index contributed by atoms with van der Waals surface area (Å²) in [7, 11) is 0. The van der Waals surface area contributed by atoms with Crippen LogP contribution in [0, 0.1) is 11.7 Å². The molecule has 1 aliphatic heterocycles. The van der Waals surface area contributed by atoms with Crippen molar-refractivity contribution >= 4 is 0 Å². The lowest BCUT2D eigenvalue weighted by atomic mass is 9.52. The van der Waals surface area contributed by atoms with Gasteiger partial charge in [-0.1, -0.05) is 24.3 Å². The Morgan fingerprint density at radius 3 is 2.85 bits per heavy atom. The summed E-state index contributed by atoms with van der Waals surface area (Å²) in [6.07, 6.45) is 4.67. The van der Waals surface area contributed by atoms with Crippen molar-refractivity contribution in [3.8, 4) is 5.75 Å². The zero-order chi connectivity index (χ0) is 18.4. The summed E-state index contributed by atoms with van der Waals surface area (Å²) in [4.78, 5) is 0. The standard InChI is InChI=1S/C23H26FNO2/c24-17-6-4-15(5-7-17)14-27-21-3-1-2-16-12-20-19-9-8-18(26)13-23(19,22(16)21)10-11-25-20/h1-7,18-20,25-26H,8-14H2/t18?,19-,20+,23-/m0/s1. The van der Waals surface area contributed by atoms with Gasteiger partial charge in [0, 0.05) is 17.0 Å². The number of aliphatic hydroxyl groups is 1. The van der Waals surface area contributed by atoms with Crippen molar-refractivity contribution in [2.45, 2.75) is 56.3 Å². The highest BCUT2D eigenvalue weighted by Crippen LogP contribution is 2.56. The zero-order valence-corrected chi connectivity index (χ0v) is 15.5. The number of fused-ring (bicyclic) bond motifs is 1. The fraction of sp³-hybridized carbons (Fsp3) is 0.478. The summed E-state index contributed by atoms with van der Waals surface area (Å²) < 4.78 is 19.4.